The Kier molecular flexibility index (Phi) is 6.07. The number of nitrogens with zero attached hydrogens (tertiary/aromatic N) is 2. The van der Waals surface area contributed by atoms with E-state index in [9.17, 15) is 14.4 Å². The Hall–Kier alpha value is -3.87. The molecule has 1 fully saturated rings. The zero-order valence-electron chi connectivity index (χ0n) is 18.0. The number of imide groups is 1. The third kappa shape index (κ3) is 4.14. The fourth-order valence-corrected chi connectivity index (χ4v) is 3.85. The molecule has 0 saturated carbocycles. The summed E-state index contributed by atoms with van der Waals surface area (Å²) in [4.78, 5) is 42.3. The molecule has 32 heavy (non-hydrogen) atoms. The summed E-state index contributed by atoms with van der Waals surface area (Å²) < 4.78 is 10.9. The molecule has 1 aromatic heterocycles. The standard InChI is InChI=1S/C25H24N2O5/c1-3-31-19-12-10-18(11-13-19)27-23(28)15-22(25(27)30)26(16-20-8-6-14-32-20)24(29)21-9-5-4-7-17(21)2/h4-14,22H,3,15-16H2,1-2H3. The number of amides is 3. The summed E-state index contributed by atoms with van der Waals surface area (Å²) in [6.07, 6.45) is 1.42. The lowest BCUT2D eigenvalue weighted by Gasteiger charge is -2.27. The van der Waals surface area contributed by atoms with Gasteiger partial charge in [-0.05, 0) is 61.9 Å². The average molecular weight is 432 g/mol. The number of carbonyl (C=O) groups is 3. The summed E-state index contributed by atoms with van der Waals surface area (Å²) in [5.41, 5.74) is 1.73. The molecule has 0 spiro atoms. The average Bonchev–Trinajstić information content (AvgIpc) is 3.40. The number of furan rings is 1. The van der Waals surface area contributed by atoms with E-state index in [-0.39, 0.29) is 24.8 Å². The summed E-state index contributed by atoms with van der Waals surface area (Å²) >= 11 is 0. The minimum Gasteiger partial charge on any atom is -0.494 e. The highest BCUT2D eigenvalue weighted by atomic mass is 16.5. The van der Waals surface area contributed by atoms with Crippen LogP contribution in [0.4, 0.5) is 5.69 Å². The Morgan fingerprint density at radius 1 is 1.09 bits per heavy atom. The first kappa shape index (κ1) is 21.4. The first-order valence-corrected chi connectivity index (χ1v) is 10.5. The molecule has 1 atom stereocenters. The van der Waals surface area contributed by atoms with Crippen LogP contribution < -0.4 is 9.64 Å². The van der Waals surface area contributed by atoms with Gasteiger partial charge in [-0.3, -0.25) is 14.4 Å². The van der Waals surface area contributed by atoms with Gasteiger partial charge < -0.3 is 14.1 Å². The van der Waals surface area contributed by atoms with E-state index in [1.54, 1.807) is 48.5 Å². The van der Waals surface area contributed by atoms with Crippen molar-refractivity contribution in [3.05, 3.63) is 83.8 Å². The summed E-state index contributed by atoms with van der Waals surface area (Å²) in [5.74, 6) is 0.0748. The molecule has 164 valence electrons. The Morgan fingerprint density at radius 3 is 2.50 bits per heavy atom. The van der Waals surface area contributed by atoms with Gasteiger partial charge in [0, 0.05) is 5.56 Å². The van der Waals surface area contributed by atoms with Gasteiger partial charge in [0.05, 0.1) is 31.5 Å². The van der Waals surface area contributed by atoms with Crippen LogP contribution in [0, 0.1) is 6.92 Å². The highest BCUT2D eigenvalue weighted by molar-refractivity contribution is 6.23. The van der Waals surface area contributed by atoms with Crippen LogP contribution in [0.1, 0.15) is 35.0 Å². The van der Waals surface area contributed by atoms with Crippen LogP contribution in [0.3, 0.4) is 0 Å². The predicted octanol–water partition coefficient (Wildman–Crippen LogP) is 3.96. The topological polar surface area (TPSA) is 80.1 Å². The van der Waals surface area contributed by atoms with Crippen molar-refractivity contribution in [2.45, 2.75) is 32.9 Å². The molecule has 7 nitrogen and oxygen atoms in total. The van der Waals surface area contributed by atoms with Gasteiger partial charge in [-0.25, -0.2) is 4.90 Å². The largest absolute Gasteiger partial charge is 0.494 e. The van der Waals surface area contributed by atoms with E-state index in [0.717, 1.165) is 10.5 Å². The van der Waals surface area contributed by atoms with Gasteiger partial charge in [-0.2, -0.15) is 0 Å². The number of benzene rings is 2. The van der Waals surface area contributed by atoms with Crippen molar-refractivity contribution in [3.8, 4) is 5.75 Å². The lowest BCUT2D eigenvalue weighted by molar-refractivity contribution is -0.122. The first-order valence-electron chi connectivity index (χ1n) is 10.5. The minimum atomic E-state index is -0.925. The van der Waals surface area contributed by atoms with E-state index >= 15 is 0 Å². The summed E-state index contributed by atoms with van der Waals surface area (Å²) in [6.45, 7) is 4.32. The van der Waals surface area contributed by atoms with Crippen molar-refractivity contribution in [1.82, 2.24) is 4.90 Å². The van der Waals surface area contributed by atoms with Gasteiger partial charge in [0.1, 0.15) is 17.6 Å². The molecule has 3 amide bonds. The molecule has 2 heterocycles. The summed E-state index contributed by atoms with van der Waals surface area (Å²) in [5, 5.41) is 0. The summed E-state index contributed by atoms with van der Waals surface area (Å²) in [7, 11) is 0. The third-order valence-electron chi connectivity index (χ3n) is 5.45. The van der Waals surface area contributed by atoms with Crippen molar-refractivity contribution in [2.75, 3.05) is 11.5 Å². The molecular weight excluding hydrogens is 408 g/mol. The van der Waals surface area contributed by atoms with Crippen LogP contribution in [0.15, 0.2) is 71.3 Å². The van der Waals surface area contributed by atoms with Gasteiger partial charge in [0.2, 0.25) is 5.91 Å². The molecule has 1 aliphatic rings. The first-order chi connectivity index (χ1) is 15.5. The molecule has 4 rings (SSSR count). The van der Waals surface area contributed by atoms with Crippen LogP contribution in [0.5, 0.6) is 5.75 Å². The smallest absolute Gasteiger partial charge is 0.257 e. The molecule has 0 bridgehead atoms. The number of ether oxygens (including phenoxy) is 1. The van der Waals surface area contributed by atoms with Crippen LogP contribution in [-0.2, 0) is 16.1 Å². The zero-order valence-corrected chi connectivity index (χ0v) is 18.0. The lowest BCUT2D eigenvalue weighted by Crippen LogP contribution is -2.45. The monoisotopic (exact) mass is 432 g/mol. The molecule has 7 heteroatoms. The van der Waals surface area contributed by atoms with Gasteiger partial charge in [-0.15, -0.1) is 0 Å². The summed E-state index contributed by atoms with van der Waals surface area (Å²) in [6, 6.07) is 16.5. The number of aryl methyl sites for hydroxylation is 1. The zero-order chi connectivity index (χ0) is 22.7. The third-order valence-corrected chi connectivity index (χ3v) is 5.45. The quantitative estimate of drug-likeness (QED) is 0.528. The van der Waals surface area contributed by atoms with Crippen LogP contribution in [-0.4, -0.2) is 35.3 Å². The maximum absolute atomic E-state index is 13.5. The number of hydrogen-bond donors (Lipinski definition) is 0. The van der Waals surface area contributed by atoms with Crippen molar-refractivity contribution in [2.24, 2.45) is 0 Å². The van der Waals surface area contributed by atoms with E-state index in [2.05, 4.69) is 0 Å². The van der Waals surface area contributed by atoms with E-state index < -0.39 is 11.9 Å². The van der Waals surface area contributed by atoms with Gasteiger partial charge in [-0.1, -0.05) is 18.2 Å². The van der Waals surface area contributed by atoms with Crippen LogP contribution in [0.25, 0.3) is 0 Å². The highest BCUT2D eigenvalue weighted by Gasteiger charge is 2.45. The minimum absolute atomic E-state index is 0.0843. The number of hydrogen-bond acceptors (Lipinski definition) is 5. The Balaban J connectivity index is 1.65. The second kappa shape index (κ2) is 9.09. The predicted molar refractivity (Wildman–Crippen MR) is 118 cm³/mol. The SMILES string of the molecule is CCOc1ccc(N2C(=O)CC(N(Cc3ccco3)C(=O)c3ccccc3C)C2=O)cc1. The van der Waals surface area contributed by atoms with Crippen molar-refractivity contribution < 1.29 is 23.5 Å². The second-order valence-corrected chi connectivity index (χ2v) is 7.54. The molecule has 2 aromatic carbocycles. The normalized spacial score (nSPS) is 15.8. The highest BCUT2D eigenvalue weighted by Crippen LogP contribution is 2.29. The molecule has 1 aliphatic heterocycles. The molecule has 1 saturated heterocycles. The van der Waals surface area contributed by atoms with Crippen molar-refractivity contribution in [1.29, 1.82) is 0 Å². The van der Waals surface area contributed by atoms with Crippen molar-refractivity contribution >= 4 is 23.4 Å². The van der Waals surface area contributed by atoms with Crippen LogP contribution >= 0.6 is 0 Å². The fourth-order valence-electron chi connectivity index (χ4n) is 3.85. The molecule has 1 unspecified atom stereocenters. The molecule has 0 aliphatic carbocycles. The molecular formula is C25H24N2O5. The van der Waals surface area contributed by atoms with Crippen molar-refractivity contribution in [3.63, 3.8) is 0 Å². The Morgan fingerprint density at radius 2 is 1.84 bits per heavy atom. The van der Waals surface area contributed by atoms with Gasteiger partial charge >= 0.3 is 0 Å². The molecule has 3 aromatic rings. The van der Waals surface area contributed by atoms with E-state index in [1.807, 2.05) is 26.0 Å². The van der Waals surface area contributed by atoms with Crippen LogP contribution in [0.2, 0.25) is 0 Å². The van der Waals surface area contributed by atoms with E-state index in [0.29, 0.717) is 29.4 Å². The fraction of sp³-hybridized carbons (Fsp3) is 0.240. The number of rotatable bonds is 7. The van der Waals surface area contributed by atoms with E-state index in [4.69, 9.17) is 9.15 Å². The van der Waals surface area contributed by atoms with E-state index in [1.165, 1.54) is 11.2 Å². The van der Waals surface area contributed by atoms with Gasteiger partial charge in [0.15, 0.2) is 0 Å². The Labute approximate surface area is 186 Å². The number of carbonyl (C=O) groups excluding carboxylic acids is 3. The lowest BCUT2D eigenvalue weighted by atomic mass is 10.1. The Bertz CT molecular complexity index is 1120. The molecule has 0 N–H and O–H groups in total. The second-order valence-electron chi connectivity index (χ2n) is 7.54. The maximum atomic E-state index is 13.5. The number of anilines is 1. The maximum Gasteiger partial charge on any atom is 0.257 e. The molecule has 0 radical (unpaired) electrons. The van der Waals surface area contributed by atoms with Gasteiger partial charge in [0.25, 0.3) is 11.8 Å².